The van der Waals surface area contributed by atoms with E-state index in [4.69, 9.17) is 4.74 Å². The lowest BCUT2D eigenvalue weighted by atomic mass is 10.5. The molecule has 0 atom stereocenters. The highest BCUT2D eigenvalue weighted by Gasteiger charge is 2.17. The van der Waals surface area contributed by atoms with Crippen LogP contribution in [0.3, 0.4) is 0 Å². The van der Waals surface area contributed by atoms with Crippen molar-refractivity contribution in [2.75, 3.05) is 6.61 Å². The number of carbonyl (C=O) groups excluding carboxylic acids is 1. The summed E-state index contributed by atoms with van der Waals surface area (Å²) >= 11 is 1.65. The zero-order valence-corrected chi connectivity index (χ0v) is 10.9. The van der Waals surface area contributed by atoms with Crippen LogP contribution in [0.25, 0.3) is 0 Å². The fourth-order valence-corrected chi connectivity index (χ4v) is 1.92. The van der Waals surface area contributed by atoms with E-state index in [1.54, 1.807) is 11.3 Å². The van der Waals surface area contributed by atoms with Crippen LogP contribution in [-0.2, 0) is 16.1 Å². The van der Waals surface area contributed by atoms with Crippen LogP contribution in [0, 0.1) is 13.8 Å². The van der Waals surface area contributed by atoms with Crippen molar-refractivity contribution in [3.63, 3.8) is 0 Å². The second-order valence-electron chi connectivity index (χ2n) is 2.79. The predicted octanol–water partition coefficient (Wildman–Crippen LogP) is -1.78. The third-order valence-corrected chi connectivity index (χ3v) is 2.82. The molecule has 0 aliphatic rings. The summed E-state index contributed by atoms with van der Waals surface area (Å²) in [5, 5.41) is 3.17. The van der Waals surface area contributed by atoms with Gasteiger partial charge in [-0.05, 0) is 6.92 Å². The molecule has 0 amide bonds. The number of esters is 1. The predicted molar refractivity (Wildman–Crippen MR) is 50.6 cm³/mol. The summed E-state index contributed by atoms with van der Waals surface area (Å²) in [5.41, 5.74) is 1.11. The summed E-state index contributed by atoms with van der Waals surface area (Å²) in [6, 6.07) is 0. The first-order valence-corrected chi connectivity index (χ1v) is 5.13. The molecule has 3 nitrogen and oxygen atoms in total. The van der Waals surface area contributed by atoms with Crippen LogP contribution < -0.4 is 21.5 Å². The maximum absolute atomic E-state index is 11.2. The number of rotatable bonds is 3. The summed E-state index contributed by atoms with van der Waals surface area (Å²) < 4.78 is 6.83. The summed E-state index contributed by atoms with van der Waals surface area (Å²) in [4.78, 5) is 11.2. The van der Waals surface area contributed by atoms with Gasteiger partial charge in [-0.25, -0.2) is 4.79 Å². The molecule has 0 radical (unpaired) electrons. The highest BCUT2D eigenvalue weighted by Crippen LogP contribution is 2.04. The molecule has 0 aliphatic heterocycles. The Balaban J connectivity index is 0.00000169. The van der Waals surface area contributed by atoms with Crippen LogP contribution in [0.1, 0.15) is 17.6 Å². The second kappa shape index (κ2) is 6.14. The number of ether oxygens (including phenoxy) is 1. The number of carbonyl (C=O) groups is 1. The van der Waals surface area contributed by atoms with Crippen molar-refractivity contribution in [3.05, 3.63) is 16.1 Å². The Labute approximate surface area is 98.5 Å². The molecule has 80 valence electrons. The maximum atomic E-state index is 11.2. The minimum atomic E-state index is -0.169. The molecular formula is C9H14BrNO2S. The van der Waals surface area contributed by atoms with Gasteiger partial charge in [-0.15, -0.1) is 0 Å². The van der Waals surface area contributed by atoms with Crippen LogP contribution in [0.2, 0.25) is 0 Å². The van der Waals surface area contributed by atoms with Gasteiger partial charge in [-0.1, -0.05) is 11.3 Å². The second-order valence-corrected chi connectivity index (χ2v) is 3.85. The molecule has 5 heteroatoms. The summed E-state index contributed by atoms with van der Waals surface area (Å²) in [6.07, 6.45) is 0. The van der Waals surface area contributed by atoms with Crippen LogP contribution in [0.15, 0.2) is 5.38 Å². The van der Waals surface area contributed by atoms with E-state index in [2.05, 4.69) is 0 Å². The molecule has 0 unspecified atom stereocenters. The minimum Gasteiger partial charge on any atom is -1.00 e. The fourth-order valence-electron chi connectivity index (χ4n) is 1.12. The van der Waals surface area contributed by atoms with Gasteiger partial charge in [0, 0.05) is 13.8 Å². The van der Waals surface area contributed by atoms with E-state index in [0.717, 1.165) is 10.7 Å². The van der Waals surface area contributed by atoms with Gasteiger partial charge in [0.15, 0.2) is 5.69 Å². The monoisotopic (exact) mass is 279 g/mol. The summed E-state index contributed by atoms with van der Waals surface area (Å²) in [7, 11) is 0. The molecule has 1 rings (SSSR count). The largest absolute Gasteiger partial charge is 1.00 e. The van der Waals surface area contributed by atoms with E-state index in [0.29, 0.717) is 13.2 Å². The van der Waals surface area contributed by atoms with Crippen LogP contribution >= 0.6 is 11.3 Å². The third-order valence-electron chi connectivity index (χ3n) is 1.80. The van der Waals surface area contributed by atoms with Crippen molar-refractivity contribution in [2.45, 2.75) is 27.3 Å². The van der Waals surface area contributed by atoms with Gasteiger partial charge >= 0.3 is 5.97 Å². The molecule has 1 heterocycles. The smallest absolute Gasteiger partial charge is 0.372 e. The summed E-state index contributed by atoms with van der Waals surface area (Å²) in [6.45, 7) is 6.58. The van der Waals surface area contributed by atoms with Crippen LogP contribution in [0.5, 0.6) is 0 Å². The first kappa shape index (κ1) is 13.6. The molecule has 1 aromatic rings. The number of aryl methyl sites for hydroxylation is 2. The average molecular weight is 280 g/mol. The maximum Gasteiger partial charge on any atom is 0.372 e. The van der Waals surface area contributed by atoms with E-state index >= 15 is 0 Å². The Bertz CT molecular complexity index is 292. The lowest BCUT2D eigenvalue weighted by molar-refractivity contribution is -0.692. The van der Waals surface area contributed by atoms with Gasteiger partial charge in [0.25, 0.3) is 0 Å². The standard InChI is InChI=1S/C9H14NO2S.BrH/c1-4-12-9(11)5-10-7(2)6-13-8(10)3;/h6H,4-5H2,1-3H3;1H/q+1;/p-1. The zero-order valence-electron chi connectivity index (χ0n) is 8.54. The molecule has 14 heavy (non-hydrogen) atoms. The minimum absolute atomic E-state index is 0. The normalized spacial score (nSPS) is 9.36. The summed E-state index contributed by atoms with van der Waals surface area (Å²) in [5.74, 6) is -0.169. The molecule has 0 saturated heterocycles. The number of thiazole rings is 1. The Hall–Kier alpha value is -0.420. The molecule has 0 spiro atoms. The molecule has 0 bridgehead atoms. The van der Waals surface area contributed by atoms with Crippen molar-refractivity contribution in [3.8, 4) is 0 Å². The zero-order chi connectivity index (χ0) is 9.84. The van der Waals surface area contributed by atoms with Crippen molar-refractivity contribution in [1.82, 2.24) is 0 Å². The van der Waals surface area contributed by atoms with Gasteiger partial charge in [0.1, 0.15) is 0 Å². The van der Waals surface area contributed by atoms with E-state index in [9.17, 15) is 4.79 Å². The van der Waals surface area contributed by atoms with Gasteiger partial charge in [-0.2, -0.15) is 4.57 Å². The fraction of sp³-hybridized carbons (Fsp3) is 0.556. The number of halogens is 1. The van der Waals surface area contributed by atoms with Crippen molar-refractivity contribution in [2.24, 2.45) is 0 Å². The van der Waals surface area contributed by atoms with E-state index in [-0.39, 0.29) is 23.0 Å². The van der Waals surface area contributed by atoms with E-state index in [1.165, 1.54) is 0 Å². The van der Waals surface area contributed by atoms with Crippen LogP contribution in [0.4, 0.5) is 0 Å². The first-order chi connectivity index (χ1) is 6.15. The Morgan fingerprint density at radius 3 is 2.64 bits per heavy atom. The van der Waals surface area contributed by atoms with Crippen LogP contribution in [-0.4, -0.2) is 12.6 Å². The Kier molecular flexibility index (Phi) is 5.95. The van der Waals surface area contributed by atoms with Crippen molar-refractivity contribution in [1.29, 1.82) is 0 Å². The van der Waals surface area contributed by atoms with Gasteiger partial charge in [0.2, 0.25) is 11.6 Å². The van der Waals surface area contributed by atoms with E-state index in [1.807, 2.05) is 30.7 Å². The number of hydrogen-bond donors (Lipinski definition) is 0. The number of nitrogens with zero attached hydrogens (tertiary/aromatic N) is 1. The van der Waals surface area contributed by atoms with Gasteiger partial charge in [-0.3, -0.25) is 0 Å². The highest BCUT2D eigenvalue weighted by molar-refractivity contribution is 7.09. The SMILES string of the molecule is CCOC(=O)C[n+]1c(C)csc1C.[Br-]. The molecule has 0 aromatic carbocycles. The third kappa shape index (κ3) is 3.38. The topological polar surface area (TPSA) is 30.2 Å². The lowest BCUT2D eigenvalue weighted by Gasteiger charge is -1.98. The molecule has 0 fully saturated rings. The van der Waals surface area contributed by atoms with Crippen molar-refractivity contribution < 1.29 is 31.1 Å². The van der Waals surface area contributed by atoms with Crippen molar-refractivity contribution >= 4 is 17.3 Å². The van der Waals surface area contributed by atoms with Gasteiger partial charge < -0.3 is 21.7 Å². The first-order valence-electron chi connectivity index (χ1n) is 4.25. The quantitative estimate of drug-likeness (QED) is 0.484. The number of hydrogen-bond acceptors (Lipinski definition) is 3. The molecule has 0 saturated carbocycles. The van der Waals surface area contributed by atoms with E-state index < -0.39 is 0 Å². The Morgan fingerprint density at radius 1 is 1.57 bits per heavy atom. The molecule has 1 aromatic heterocycles. The highest BCUT2D eigenvalue weighted by atomic mass is 79.9. The molecule has 0 aliphatic carbocycles. The number of aromatic nitrogens is 1. The average Bonchev–Trinajstić information content (AvgIpc) is 2.36. The Morgan fingerprint density at radius 2 is 2.21 bits per heavy atom. The van der Waals surface area contributed by atoms with Gasteiger partial charge in [0.05, 0.1) is 12.0 Å². The molecular weight excluding hydrogens is 266 g/mol. The molecule has 0 N–H and O–H groups in total. The lowest BCUT2D eigenvalue weighted by Crippen LogP contribution is -3.00.